The lowest BCUT2D eigenvalue weighted by molar-refractivity contribution is -0.124. The van der Waals surface area contributed by atoms with Gasteiger partial charge >= 0.3 is 5.97 Å². The summed E-state index contributed by atoms with van der Waals surface area (Å²) < 4.78 is 27.4. The largest absolute Gasteiger partial charge is 0.452 e. The highest BCUT2D eigenvalue weighted by atomic mass is 32.2. The molecule has 3 N–H and O–H groups in total. The zero-order valence-electron chi connectivity index (χ0n) is 14.7. The number of nitrogens with one attached hydrogen (secondary N) is 1. The smallest absolute Gasteiger partial charge is 0.338 e. The molecule has 0 aliphatic rings. The summed E-state index contributed by atoms with van der Waals surface area (Å²) in [5, 5.41) is 7.67. The minimum Gasteiger partial charge on any atom is -0.452 e. The van der Waals surface area contributed by atoms with Gasteiger partial charge in [-0.1, -0.05) is 12.1 Å². The van der Waals surface area contributed by atoms with E-state index >= 15 is 0 Å². The van der Waals surface area contributed by atoms with Crippen LogP contribution in [0.1, 0.15) is 15.9 Å². The van der Waals surface area contributed by atoms with Crippen LogP contribution in [0.3, 0.4) is 0 Å². The van der Waals surface area contributed by atoms with E-state index in [-0.39, 0.29) is 11.5 Å². The van der Waals surface area contributed by atoms with Gasteiger partial charge in [0.25, 0.3) is 5.91 Å². The number of rotatable bonds is 8. The molecule has 27 heavy (non-hydrogen) atoms. The van der Waals surface area contributed by atoms with Crippen molar-refractivity contribution in [3.8, 4) is 0 Å². The summed E-state index contributed by atoms with van der Waals surface area (Å²) in [6.45, 7) is -0.0407. The Balaban J connectivity index is 1.73. The zero-order chi connectivity index (χ0) is 19.9. The molecule has 0 aliphatic carbocycles. The molecule has 0 fully saturated rings. The minimum absolute atomic E-state index is 0.0350. The average Bonchev–Trinajstić information content (AvgIpc) is 2.66. The van der Waals surface area contributed by atoms with Gasteiger partial charge in [-0.3, -0.25) is 4.79 Å². The van der Waals surface area contributed by atoms with E-state index in [1.54, 1.807) is 36.0 Å². The van der Waals surface area contributed by atoms with Gasteiger partial charge in [0.1, 0.15) is 0 Å². The van der Waals surface area contributed by atoms with Crippen LogP contribution < -0.4 is 10.5 Å². The summed E-state index contributed by atoms with van der Waals surface area (Å²) in [6, 6.07) is 13.0. The summed E-state index contributed by atoms with van der Waals surface area (Å²) in [5.74, 6) is -0.971. The molecular weight excluding hydrogens is 388 g/mol. The van der Waals surface area contributed by atoms with Gasteiger partial charge in [-0.15, -0.1) is 11.8 Å². The molecule has 0 bridgehead atoms. The average molecular weight is 409 g/mol. The third kappa shape index (κ3) is 6.70. The van der Waals surface area contributed by atoms with Crippen molar-refractivity contribution in [2.24, 2.45) is 5.14 Å². The Kier molecular flexibility index (Phi) is 7.40. The lowest BCUT2D eigenvalue weighted by Gasteiger charge is -2.07. The van der Waals surface area contributed by atoms with Crippen LogP contribution in [0.2, 0.25) is 0 Å². The molecule has 0 aliphatic heterocycles. The standard InChI is InChI=1S/C18H20N2O5S2/c1-26-15-6-4-14(5-7-15)18(22)25-12-17(21)20-11-10-13-2-8-16(9-3-13)27(19,23)24/h2-9H,10-12H2,1H3,(H,20,21)(H2,19,23,24). The Labute approximate surface area is 162 Å². The maximum Gasteiger partial charge on any atom is 0.338 e. The third-order valence-corrected chi connectivity index (χ3v) is 5.32. The number of thioether (sulfide) groups is 1. The molecular formula is C18H20N2O5S2. The van der Waals surface area contributed by atoms with Crippen LogP contribution in [0.5, 0.6) is 0 Å². The van der Waals surface area contributed by atoms with Crippen molar-refractivity contribution in [1.82, 2.24) is 5.32 Å². The highest BCUT2D eigenvalue weighted by Gasteiger charge is 2.10. The lowest BCUT2D eigenvalue weighted by atomic mass is 10.1. The minimum atomic E-state index is -3.72. The second-order valence-electron chi connectivity index (χ2n) is 5.59. The lowest BCUT2D eigenvalue weighted by Crippen LogP contribution is -2.30. The number of benzene rings is 2. The van der Waals surface area contributed by atoms with E-state index in [1.165, 1.54) is 12.1 Å². The van der Waals surface area contributed by atoms with Crippen LogP contribution in [0.4, 0.5) is 0 Å². The molecule has 0 unspecified atom stereocenters. The number of nitrogens with two attached hydrogens (primary N) is 1. The number of hydrogen-bond donors (Lipinski definition) is 2. The summed E-state index contributed by atoms with van der Waals surface area (Å²) >= 11 is 1.56. The van der Waals surface area contributed by atoms with Crippen molar-refractivity contribution in [3.63, 3.8) is 0 Å². The number of sulfonamides is 1. The van der Waals surface area contributed by atoms with Crippen molar-refractivity contribution in [3.05, 3.63) is 59.7 Å². The van der Waals surface area contributed by atoms with Crippen LogP contribution in [0.15, 0.2) is 58.3 Å². The Bertz CT molecular complexity index is 894. The van der Waals surface area contributed by atoms with E-state index < -0.39 is 21.9 Å². The number of amides is 1. The van der Waals surface area contributed by atoms with Gasteiger partial charge in [-0.25, -0.2) is 18.4 Å². The number of primary sulfonamides is 1. The first-order valence-corrected chi connectivity index (χ1v) is 10.8. The monoisotopic (exact) mass is 408 g/mol. The van der Waals surface area contributed by atoms with Crippen molar-refractivity contribution in [2.75, 3.05) is 19.4 Å². The Morgan fingerprint density at radius 2 is 1.70 bits per heavy atom. The fourth-order valence-corrected chi connectivity index (χ4v) is 3.11. The molecule has 9 heteroatoms. The fraction of sp³-hybridized carbons (Fsp3) is 0.222. The molecule has 2 rings (SSSR count). The molecule has 1 amide bonds. The maximum atomic E-state index is 11.9. The van der Waals surface area contributed by atoms with Crippen molar-refractivity contribution < 1.29 is 22.7 Å². The molecule has 0 saturated carbocycles. The summed E-state index contributed by atoms with van der Waals surface area (Å²) in [7, 11) is -3.72. The third-order valence-electron chi connectivity index (χ3n) is 3.65. The first-order valence-electron chi connectivity index (χ1n) is 7.99. The number of carbonyl (C=O) groups excluding carboxylic acids is 2. The van der Waals surface area contributed by atoms with E-state index in [0.717, 1.165) is 10.5 Å². The fourth-order valence-electron chi connectivity index (χ4n) is 2.18. The Hall–Kier alpha value is -2.36. The molecule has 0 radical (unpaired) electrons. The highest BCUT2D eigenvalue weighted by molar-refractivity contribution is 7.98. The highest BCUT2D eigenvalue weighted by Crippen LogP contribution is 2.15. The summed E-state index contributed by atoms with van der Waals surface area (Å²) in [5.41, 5.74) is 1.23. The van der Waals surface area contributed by atoms with E-state index in [2.05, 4.69) is 5.32 Å². The molecule has 0 saturated heterocycles. The van der Waals surface area contributed by atoms with Crippen LogP contribution >= 0.6 is 11.8 Å². The van der Waals surface area contributed by atoms with E-state index in [0.29, 0.717) is 18.5 Å². The van der Waals surface area contributed by atoms with Gasteiger partial charge in [0.2, 0.25) is 10.0 Å². The number of hydrogen-bond acceptors (Lipinski definition) is 6. The quantitative estimate of drug-likeness (QED) is 0.506. The van der Waals surface area contributed by atoms with Crippen LogP contribution in [0, 0.1) is 0 Å². The Morgan fingerprint density at radius 1 is 1.07 bits per heavy atom. The molecule has 0 atom stereocenters. The second-order valence-corrected chi connectivity index (χ2v) is 8.03. The van der Waals surface area contributed by atoms with Crippen molar-refractivity contribution >= 4 is 33.7 Å². The number of carbonyl (C=O) groups is 2. The zero-order valence-corrected chi connectivity index (χ0v) is 16.3. The second kappa shape index (κ2) is 9.54. The van der Waals surface area contributed by atoms with Crippen LogP contribution in [-0.4, -0.2) is 39.7 Å². The van der Waals surface area contributed by atoms with Gasteiger partial charge < -0.3 is 10.1 Å². The van der Waals surface area contributed by atoms with E-state index in [9.17, 15) is 18.0 Å². The van der Waals surface area contributed by atoms with E-state index in [1.807, 2.05) is 18.4 Å². The van der Waals surface area contributed by atoms with Gasteiger partial charge in [-0.05, 0) is 54.6 Å². The molecule has 2 aromatic rings. The molecule has 0 spiro atoms. The van der Waals surface area contributed by atoms with Gasteiger partial charge in [-0.2, -0.15) is 0 Å². The summed E-state index contributed by atoms with van der Waals surface area (Å²) in [6.07, 6.45) is 2.44. The molecule has 0 aromatic heterocycles. The van der Waals surface area contributed by atoms with E-state index in [4.69, 9.17) is 9.88 Å². The topological polar surface area (TPSA) is 116 Å². The number of esters is 1. The molecule has 0 heterocycles. The van der Waals surface area contributed by atoms with Crippen molar-refractivity contribution in [1.29, 1.82) is 0 Å². The maximum absolute atomic E-state index is 11.9. The predicted molar refractivity (Wildman–Crippen MR) is 103 cm³/mol. The normalized spacial score (nSPS) is 11.0. The number of ether oxygens (including phenoxy) is 1. The van der Waals surface area contributed by atoms with Gasteiger partial charge in [0.05, 0.1) is 10.5 Å². The van der Waals surface area contributed by atoms with Crippen LogP contribution in [0.25, 0.3) is 0 Å². The first-order chi connectivity index (χ1) is 12.8. The first kappa shape index (κ1) is 20.9. The van der Waals surface area contributed by atoms with Crippen molar-refractivity contribution in [2.45, 2.75) is 16.2 Å². The van der Waals surface area contributed by atoms with Gasteiger partial charge in [0, 0.05) is 11.4 Å². The molecule has 144 valence electrons. The molecule has 2 aromatic carbocycles. The SMILES string of the molecule is CSc1ccc(C(=O)OCC(=O)NCCc2ccc(S(N)(=O)=O)cc2)cc1. The predicted octanol–water partition coefficient (Wildman–Crippen LogP) is 1.57. The Morgan fingerprint density at radius 3 is 2.26 bits per heavy atom. The molecule has 7 nitrogen and oxygen atoms in total. The van der Waals surface area contributed by atoms with Crippen LogP contribution in [-0.2, 0) is 26.0 Å². The summed E-state index contributed by atoms with van der Waals surface area (Å²) in [4.78, 5) is 24.7. The van der Waals surface area contributed by atoms with Gasteiger partial charge in [0.15, 0.2) is 6.61 Å².